The Balaban J connectivity index is 2.40. The topological polar surface area (TPSA) is 48.0 Å². The predicted octanol–water partition coefficient (Wildman–Crippen LogP) is 2.73. The summed E-state index contributed by atoms with van der Waals surface area (Å²) in [5, 5.41) is 0. The third-order valence-corrected chi connectivity index (χ3v) is 3.64. The van der Waals surface area contributed by atoms with Crippen molar-refractivity contribution in [1.29, 1.82) is 0 Å². The van der Waals surface area contributed by atoms with E-state index in [1.54, 1.807) is 33.5 Å². The van der Waals surface area contributed by atoms with Crippen LogP contribution in [-0.2, 0) is 0 Å². The summed E-state index contributed by atoms with van der Waals surface area (Å²) in [5.41, 5.74) is 0.560. The SMILES string of the molecule is COc1cc(C(=O)N(C(C)C)C2CC2)cc(OC)c1OC. The van der Waals surface area contributed by atoms with Gasteiger partial charge in [0.2, 0.25) is 5.75 Å². The maximum atomic E-state index is 12.8. The van der Waals surface area contributed by atoms with Crippen molar-refractivity contribution in [2.24, 2.45) is 0 Å². The smallest absolute Gasteiger partial charge is 0.254 e. The van der Waals surface area contributed by atoms with Crippen LogP contribution in [0.4, 0.5) is 0 Å². The van der Waals surface area contributed by atoms with E-state index < -0.39 is 0 Å². The van der Waals surface area contributed by atoms with Crippen molar-refractivity contribution in [1.82, 2.24) is 4.90 Å². The van der Waals surface area contributed by atoms with Crippen LogP contribution in [0.1, 0.15) is 37.0 Å². The number of amides is 1. The molecule has 116 valence electrons. The van der Waals surface area contributed by atoms with E-state index >= 15 is 0 Å². The quantitative estimate of drug-likeness (QED) is 0.809. The molecule has 0 aliphatic heterocycles. The summed E-state index contributed by atoms with van der Waals surface area (Å²) in [7, 11) is 4.64. The fraction of sp³-hybridized carbons (Fsp3) is 0.562. The number of hydrogen-bond acceptors (Lipinski definition) is 4. The van der Waals surface area contributed by atoms with Crippen LogP contribution in [0.2, 0.25) is 0 Å². The van der Waals surface area contributed by atoms with Crippen molar-refractivity contribution in [2.45, 2.75) is 38.8 Å². The number of hydrogen-bond donors (Lipinski definition) is 0. The molecular formula is C16H23NO4. The Morgan fingerprint density at radius 2 is 1.62 bits per heavy atom. The van der Waals surface area contributed by atoms with Crippen LogP contribution in [0, 0.1) is 0 Å². The molecule has 0 N–H and O–H groups in total. The van der Waals surface area contributed by atoms with Gasteiger partial charge < -0.3 is 19.1 Å². The highest BCUT2D eigenvalue weighted by Gasteiger charge is 2.35. The molecule has 1 fully saturated rings. The van der Waals surface area contributed by atoms with Crippen LogP contribution >= 0.6 is 0 Å². The van der Waals surface area contributed by atoms with E-state index in [4.69, 9.17) is 14.2 Å². The average molecular weight is 293 g/mol. The summed E-state index contributed by atoms with van der Waals surface area (Å²) in [6, 6.07) is 3.95. The normalized spacial score (nSPS) is 14.0. The van der Waals surface area contributed by atoms with Crippen LogP contribution in [0.15, 0.2) is 12.1 Å². The van der Waals surface area contributed by atoms with Crippen molar-refractivity contribution in [2.75, 3.05) is 21.3 Å². The summed E-state index contributed by atoms with van der Waals surface area (Å²) in [6.45, 7) is 4.07. The van der Waals surface area contributed by atoms with Crippen molar-refractivity contribution in [3.63, 3.8) is 0 Å². The van der Waals surface area contributed by atoms with Gasteiger partial charge in [-0.3, -0.25) is 4.79 Å². The Morgan fingerprint density at radius 3 is 1.95 bits per heavy atom. The molecule has 1 aliphatic rings. The average Bonchev–Trinajstić information content (AvgIpc) is 3.29. The second-order valence-corrected chi connectivity index (χ2v) is 5.45. The van der Waals surface area contributed by atoms with Gasteiger partial charge in [-0.2, -0.15) is 0 Å². The number of benzene rings is 1. The first kappa shape index (κ1) is 15.5. The molecule has 0 saturated heterocycles. The number of rotatable bonds is 6. The van der Waals surface area contributed by atoms with E-state index in [9.17, 15) is 4.79 Å². The van der Waals surface area contributed by atoms with E-state index in [1.165, 1.54) is 0 Å². The lowest BCUT2D eigenvalue weighted by Gasteiger charge is -2.27. The summed E-state index contributed by atoms with van der Waals surface area (Å²) in [4.78, 5) is 14.7. The van der Waals surface area contributed by atoms with Gasteiger partial charge >= 0.3 is 0 Å². The van der Waals surface area contributed by atoms with Crippen LogP contribution < -0.4 is 14.2 Å². The number of carbonyl (C=O) groups is 1. The van der Waals surface area contributed by atoms with Crippen molar-refractivity contribution in [3.8, 4) is 17.2 Å². The summed E-state index contributed by atoms with van der Waals surface area (Å²) >= 11 is 0. The third-order valence-electron chi connectivity index (χ3n) is 3.64. The minimum atomic E-state index is 0.00625. The Morgan fingerprint density at radius 1 is 1.10 bits per heavy atom. The molecule has 0 radical (unpaired) electrons. The monoisotopic (exact) mass is 293 g/mol. The van der Waals surface area contributed by atoms with Crippen LogP contribution in [-0.4, -0.2) is 44.2 Å². The molecule has 0 bridgehead atoms. The second-order valence-electron chi connectivity index (χ2n) is 5.45. The number of methoxy groups -OCH3 is 3. The highest BCUT2D eigenvalue weighted by Crippen LogP contribution is 2.39. The van der Waals surface area contributed by atoms with Gasteiger partial charge in [0.05, 0.1) is 21.3 Å². The minimum Gasteiger partial charge on any atom is -0.493 e. The Kier molecular flexibility index (Phi) is 4.60. The van der Waals surface area contributed by atoms with E-state index in [0.29, 0.717) is 28.9 Å². The molecule has 1 amide bonds. The molecule has 1 saturated carbocycles. The standard InChI is InChI=1S/C16H23NO4/c1-10(2)17(12-6-7-12)16(18)11-8-13(19-3)15(21-5)14(9-11)20-4/h8-10,12H,6-7H2,1-5H3. The van der Waals surface area contributed by atoms with Gasteiger partial charge in [0.25, 0.3) is 5.91 Å². The van der Waals surface area contributed by atoms with Gasteiger partial charge in [0.15, 0.2) is 11.5 Å². The highest BCUT2D eigenvalue weighted by molar-refractivity contribution is 5.96. The molecule has 5 nitrogen and oxygen atoms in total. The largest absolute Gasteiger partial charge is 0.493 e. The number of nitrogens with zero attached hydrogens (tertiary/aromatic N) is 1. The summed E-state index contributed by atoms with van der Waals surface area (Å²) < 4.78 is 15.9. The molecule has 0 atom stereocenters. The molecule has 2 rings (SSSR count). The highest BCUT2D eigenvalue weighted by atomic mass is 16.5. The third kappa shape index (κ3) is 3.06. The molecule has 0 aromatic heterocycles. The zero-order valence-corrected chi connectivity index (χ0v) is 13.3. The van der Waals surface area contributed by atoms with Gasteiger partial charge in [0.1, 0.15) is 0 Å². The summed E-state index contributed by atoms with van der Waals surface area (Å²) in [6.07, 6.45) is 2.16. The minimum absolute atomic E-state index is 0.00625. The maximum absolute atomic E-state index is 12.8. The van der Waals surface area contributed by atoms with Gasteiger partial charge in [-0.1, -0.05) is 0 Å². The van der Waals surface area contributed by atoms with Crippen LogP contribution in [0.3, 0.4) is 0 Å². The van der Waals surface area contributed by atoms with E-state index in [2.05, 4.69) is 0 Å². The molecule has 0 heterocycles. The lowest BCUT2D eigenvalue weighted by atomic mass is 10.1. The maximum Gasteiger partial charge on any atom is 0.254 e. The Labute approximate surface area is 125 Å². The molecule has 1 aliphatic carbocycles. The van der Waals surface area contributed by atoms with E-state index in [0.717, 1.165) is 12.8 Å². The first-order valence-corrected chi connectivity index (χ1v) is 7.16. The van der Waals surface area contributed by atoms with Crippen LogP contribution in [0.5, 0.6) is 17.2 Å². The molecular weight excluding hydrogens is 270 g/mol. The zero-order chi connectivity index (χ0) is 15.6. The lowest BCUT2D eigenvalue weighted by Crippen LogP contribution is -2.38. The number of carbonyl (C=O) groups excluding carboxylic acids is 1. The number of ether oxygens (including phenoxy) is 3. The summed E-state index contributed by atoms with van der Waals surface area (Å²) in [5.74, 6) is 1.50. The van der Waals surface area contributed by atoms with Gasteiger partial charge in [-0.05, 0) is 38.8 Å². The fourth-order valence-corrected chi connectivity index (χ4v) is 2.53. The molecule has 1 aromatic carbocycles. The Hall–Kier alpha value is -1.91. The second kappa shape index (κ2) is 6.24. The van der Waals surface area contributed by atoms with Gasteiger partial charge in [-0.25, -0.2) is 0 Å². The van der Waals surface area contributed by atoms with Gasteiger partial charge in [-0.15, -0.1) is 0 Å². The first-order valence-electron chi connectivity index (χ1n) is 7.16. The molecule has 1 aromatic rings. The molecule has 21 heavy (non-hydrogen) atoms. The van der Waals surface area contributed by atoms with Crippen LogP contribution in [0.25, 0.3) is 0 Å². The van der Waals surface area contributed by atoms with Gasteiger partial charge in [0, 0.05) is 17.6 Å². The lowest BCUT2D eigenvalue weighted by molar-refractivity contribution is 0.0689. The predicted molar refractivity (Wildman–Crippen MR) is 80.4 cm³/mol. The van der Waals surface area contributed by atoms with Crippen molar-refractivity contribution < 1.29 is 19.0 Å². The first-order chi connectivity index (χ1) is 10.0. The Bertz CT molecular complexity index is 496. The van der Waals surface area contributed by atoms with E-state index in [1.807, 2.05) is 18.7 Å². The zero-order valence-electron chi connectivity index (χ0n) is 13.3. The molecule has 0 unspecified atom stereocenters. The fourth-order valence-electron chi connectivity index (χ4n) is 2.53. The molecule has 5 heteroatoms. The van der Waals surface area contributed by atoms with Crippen molar-refractivity contribution >= 4 is 5.91 Å². The van der Waals surface area contributed by atoms with Crippen molar-refractivity contribution in [3.05, 3.63) is 17.7 Å². The molecule has 0 spiro atoms. The van der Waals surface area contributed by atoms with E-state index in [-0.39, 0.29) is 11.9 Å².